The van der Waals surface area contributed by atoms with E-state index >= 15 is 0 Å². The van der Waals surface area contributed by atoms with Gasteiger partial charge >= 0.3 is 6.09 Å². The molecule has 0 atom stereocenters. The van der Waals surface area contributed by atoms with Gasteiger partial charge in [-0.2, -0.15) is 0 Å². The summed E-state index contributed by atoms with van der Waals surface area (Å²) in [6.07, 6.45) is 5.21. The summed E-state index contributed by atoms with van der Waals surface area (Å²) in [6, 6.07) is 8.05. The minimum atomic E-state index is -0.441. The minimum absolute atomic E-state index is 0.221. The number of carbonyl (C=O) groups excluding carboxylic acids is 1. The molecule has 1 amide bonds. The Kier molecular flexibility index (Phi) is 5.10. The van der Waals surface area contributed by atoms with Crippen LogP contribution in [0.15, 0.2) is 24.3 Å². The maximum atomic E-state index is 12.0. The first kappa shape index (κ1) is 16.4. The van der Waals surface area contributed by atoms with E-state index in [0.29, 0.717) is 13.1 Å². The van der Waals surface area contributed by atoms with E-state index in [1.165, 1.54) is 5.56 Å². The molecule has 0 aromatic heterocycles. The summed E-state index contributed by atoms with van der Waals surface area (Å²) in [5.41, 5.74) is 1.68. The third-order valence-corrected chi connectivity index (χ3v) is 3.52. The van der Waals surface area contributed by atoms with E-state index in [4.69, 9.17) is 11.2 Å². The zero-order valence-corrected chi connectivity index (χ0v) is 13.6. The van der Waals surface area contributed by atoms with Gasteiger partial charge in [-0.05, 0) is 38.5 Å². The van der Waals surface area contributed by atoms with Crippen LogP contribution in [-0.4, -0.2) is 47.7 Å². The number of amides is 1. The Labute approximate surface area is 133 Å². The maximum Gasteiger partial charge on any atom is 0.410 e. The molecule has 1 heterocycles. The highest BCUT2D eigenvalue weighted by Crippen LogP contribution is 2.14. The number of carbonyl (C=O) groups is 1. The molecule has 1 aliphatic heterocycles. The summed E-state index contributed by atoms with van der Waals surface area (Å²) in [5, 5.41) is 0. The fourth-order valence-corrected chi connectivity index (χ4v) is 2.43. The normalized spacial score (nSPS) is 16.2. The molecule has 4 nitrogen and oxygen atoms in total. The van der Waals surface area contributed by atoms with Gasteiger partial charge < -0.3 is 9.64 Å². The minimum Gasteiger partial charge on any atom is -0.444 e. The number of benzene rings is 1. The topological polar surface area (TPSA) is 32.8 Å². The summed E-state index contributed by atoms with van der Waals surface area (Å²) in [6.45, 7) is 9.61. The zero-order chi connectivity index (χ0) is 16.2. The molecule has 0 unspecified atom stereocenters. The van der Waals surface area contributed by atoms with E-state index in [1.807, 2.05) is 39.0 Å². The van der Waals surface area contributed by atoms with Crippen molar-refractivity contribution in [3.63, 3.8) is 0 Å². The van der Waals surface area contributed by atoms with E-state index < -0.39 is 5.60 Å². The predicted molar refractivity (Wildman–Crippen MR) is 87.5 cm³/mol. The molecule has 1 saturated heterocycles. The van der Waals surface area contributed by atoms with Crippen molar-refractivity contribution in [2.75, 3.05) is 26.2 Å². The zero-order valence-electron chi connectivity index (χ0n) is 13.6. The molecule has 0 N–H and O–H groups in total. The highest BCUT2D eigenvalue weighted by Gasteiger charge is 2.25. The SMILES string of the molecule is C#Cc1cccc(CN2CCN(C(=O)OC(C)(C)C)CC2)c1. The second kappa shape index (κ2) is 6.85. The lowest BCUT2D eigenvalue weighted by Gasteiger charge is -2.35. The van der Waals surface area contributed by atoms with Gasteiger partial charge in [0.05, 0.1) is 0 Å². The van der Waals surface area contributed by atoms with Gasteiger partial charge in [-0.3, -0.25) is 4.90 Å². The first-order valence-corrected chi connectivity index (χ1v) is 7.63. The number of hydrogen-bond donors (Lipinski definition) is 0. The Bertz CT molecular complexity index is 561. The van der Waals surface area contributed by atoms with Gasteiger partial charge in [0.2, 0.25) is 0 Å². The molecule has 0 saturated carbocycles. The number of piperazine rings is 1. The lowest BCUT2D eigenvalue weighted by atomic mass is 10.1. The van der Waals surface area contributed by atoms with Crippen LogP contribution in [0.2, 0.25) is 0 Å². The van der Waals surface area contributed by atoms with E-state index in [9.17, 15) is 4.79 Å². The van der Waals surface area contributed by atoms with Gasteiger partial charge in [-0.25, -0.2) is 4.79 Å². The summed E-state index contributed by atoms with van der Waals surface area (Å²) in [7, 11) is 0. The summed E-state index contributed by atoms with van der Waals surface area (Å²) < 4.78 is 5.41. The average Bonchev–Trinajstić information content (AvgIpc) is 2.46. The Hall–Kier alpha value is -1.99. The van der Waals surface area contributed by atoms with Crippen molar-refractivity contribution in [3.05, 3.63) is 35.4 Å². The van der Waals surface area contributed by atoms with Crippen LogP contribution in [0.3, 0.4) is 0 Å². The lowest BCUT2D eigenvalue weighted by molar-refractivity contribution is 0.0139. The van der Waals surface area contributed by atoms with E-state index in [1.54, 1.807) is 4.90 Å². The number of ether oxygens (including phenoxy) is 1. The molecule has 2 rings (SSSR count). The third-order valence-electron chi connectivity index (χ3n) is 3.52. The van der Waals surface area contributed by atoms with Gasteiger partial charge in [0, 0.05) is 38.3 Å². The number of rotatable bonds is 2. The maximum absolute atomic E-state index is 12.0. The molecular formula is C18H24N2O2. The van der Waals surface area contributed by atoms with Crippen LogP contribution in [0.1, 0.15) is 31.9 Å². The molecular weight excluding hydrogens is 276 g/mol. The Morgan fingerprint density at radius 1 is 1.27 bits per heavy atom. The average molecular weight is 300 g/mol. The van der Waals surface area contributed by atoms with Crippen LogP contribution < -0.4 is 0 Å². The smallest absolute Gasteiger partial charge is 0.410 e. The molecule has 0 aliphatic carbocycles. The van der Waals surface area contributed by atoms with E-state index in [2.05, 4.69) is 16.9 Å². The van der Waals surface area contributed by atoms with E-state index in [-0.39, 0.29) is 6.09 Å². The predicted octanol–water partition coefficient (Wildman–Crippen LogP) is 2.72. The van der Waals surface area contributed by atoms with Crippen LogP contribution in [0.4, 0.5) is 4.79 Å². The summed E-state index contributed by atoms with van der Waals surface area (Å²) in [5.74, 6) is 2.66. The molecule has 0 radical (unpaired) electrons. The van der Waals surface area contributed by atoms with Gasteiger partial charge in [-0.15, -0.1) is 6.42 Å². The fraction of sp³-hybridized carbons (Fsp3) is 0.500. The van der Waals surface area contributed by atoms with Crippen molar-refractivity contribution >= 4 is 6.09 Å². The molecule has 0 bridgehead atoms. The third kappa shape index (κ3) is 4.78. The highest BCUT2D eigenvalue weighted by atomic mass is 16.6. The molecule has 1 aromatic carbocycles. The molecule has 1 aliphatic rings. The number of nitrogens with zero attached hydrogens (tertiary/aromatic N) is 2. The highest BCUT2D eigenvalue weighted by molar-refractivity contribution is 5.68. The molecule has 22 heavy (non-hydrogen) atoms. The monoisotopic (exact) mass is 300 g/mol. The number of terminal acetylenes is 1. The van der Waals surface area contributed by atoms with Crippen LogP contribution >= 0.6 is 0 Å². The molecule has 118 valence electrons. The van der Waals surface area contributed by atoms with Crippen LogP contribution in [0.5, 0.6) is 0 Å². The molecule has 4 heteroatoms. The number of hydrogen-bond acceptors (Lipinski definition) is 3. The van der Waals surface area contributed by atoms with Crippen molar-refractivity contribution < 1.29 is 9.53 Å². The Morgan fingerprint density at radius 3 is 2.55 bits per heavy atom. The first-order valence-electron chi connectivity index (χ1n) is 7.63. The second-order valence-corrected chi connectivity index (χ2v) is 6.59. The van der Waals surface area contributed by atoms with Crippen molar-refractivity contribution in [2.24, 2.45) is 0 Å². The first-order chi connectivity index (χ1) is 10.4. The summed E-state index contributed by atoms with van der Waals surface area (Å²) in [4.78, 5) is 16.1. The van der Waals surface area contributed by atoms with Gasteiger partial charge in [0.25, 0.3) is 0 Å². The molecule has 1 fully saturated rings. The Morgan fingerprint density at radius 2 is 1.95 bits per heavy atom. The fourth-order valence-electron chi connectivity index (χ4n) is 2.43. The molecule has 0 spiro atoms. The van der Waals surface area contributed by atoms with Gasteiger partial charge in [0.15, 0.2) is 0 Å². The van der Waals surface area contributed by atoms with Gasteiger partial charge in [-0.1, -0.05) is 18.1 Å². The largest absolute Gasteiger partial charge is 0.444 e. The summed E-state index contributed by atoms with van der Waals surface area (Å²) >= 11 is 0. The standard InChI is InChI=1S/C18H24N2O2/c1-5-15-7-6-8-16(13-15)14-19-9-11-20(12-10-19)17(21)22-18(2,3)4/h1,6-8,13H,9-12,14H2,2-4H3. The van der Waals surface area contributed by atoms with E-state index in [0.717, 1.165) is 25.2 Å². The van der Waals surface area contributed by atoms with Crippen molar-refractivity contribution in [3.8, 4) is 12.3 Å². The Balaban J connectivity index is 1.84. The van der Waals surface area contributed by atoms with Crippen molar-refractivity contribution in [2.45, 2.75) is 32.9 Å². The second-order valence-electron chi connectivity index (χ2n) is 6.59. The van der Waals surface area contributed by atoms with Crippen molar-refractivity contribution in [1.82, 2.24) is 9.80 Å². The quantitative estimate of drug-likeness (QED) is 0.787. The molecule has 1 aromatic rings. The lowest BCUT2D eigenvalue weighted by Crippen LogP contribution is -2.49. The van der Waals surface area contributed by atoms with Crippen LogP contribution in [-0.2, 0) is 11.3 Å². The van der Waals surface area contributed by atoms with Crippen LogP contribution in [0, 0.1) is 12.3 Å². The van der Waals surface area contributed by atoms with Crippen molar-refractivity contribution in [1.29, 1.82) is 0 Å². The van der Waals surface area contributed by atoms with Gasteiger partial charge in [0.1, 0.15) is 5.60 Å². The van der Waals surface area contributed by atoms with Crippen LogP contribution in [0.25, 0.3) is 0 Å².